The minimum absolute atomic E-state index is 0.0580. The lowest BCUT2D eigenvalue weighted by molar-refractivity contribution is -0.121. The summed E-state index contributed by atoms with van der Waals surface area (Å²) in [7, 11) is 1.53. The molecule has 1 heterocycles. The molecule has 1 aromatic carbocycles. The van der Waals surface area contributed by atoms with Crippen molar-refractivity contribution in [1.82, 2.24) is 10.9 Å². The quantitative estimate of drug-likeness (QED) is 0.782. The predicted octanol–water partition coefficient (Wildman–Crippen LogP) is 3.54. The lowest BCUT2D eigenvalue weighted by atomic mass is 9.90. The molecule has 2 amide bonds. The normalized spacial score (nSPS) is 15.9. The maximum Gasteiger partial charge on any atom is 0.279 e. The summed E-state index contributed by atoms with van der Waals surface area (Å²) in [5.74, 6) is 0.605. The van der Waals surface area contributed by atoms with Gasteiger partial charge in [-0.3, -0.25) is 20.4 Å². The number of hydrogen-bond donors (Lipinski definition) is 2. The van der Waals surface area contributed by atoms with E-state index in [1.54, 1.807) is 18.2 Å². The average molecular weight is 393 g/mol. The lowest BCUT2D eigenvalue weighted by Crippen LogP contribution is -2.42. The molecule has 0 aliphatic heterocycles. The van der Waals surface area contributed by atoms with E-state index in [1.165, 1.54) is 28.9 Å². The number of nitrogens with one attached hydrogen (secondary N) is 2. The van der Waals surface area contributed by atoms with Gasteiger partial charge in [-0.05, 0) is 55.0 Å². The number of hydrogen-bond acceptors (Lipinski definition) is 4. The first-order valence-electron chi connectivity index (χ1n) is 8.49. The van der Waals surface area contributed by atoms with E-state index in [-0.39, 0.29) is 18.2 Å². The van der Waals surface area contributed by atoms with Crippen LogP contribution in [0.5, 0.6) is 5.75 Å². The molecule has 138 valence electrons. The van der Waals surface area contributed by atoms with Crippen LogP contribution in [0.3, 0.4) is 0 Å². The average Bonchev–Trinajstić information content (AvgIpc) is 3.03. The summed E-state index contributed by atoms with van der Waals surface area (Å²) >= 11 is 7.48. The Morgan fingerprint density at radius 1 is 1.31 bits per heavy atom. The molecule has 1 aliphatic rings. The zero-order valence-electron chi connectivity index (χ0n) is 14.7. The van der Waals surface area contributed by atoms with E-state index in [9.17, 15) is 9.59 Å². The molecular weight excluding hydrogens is 372 g/mol. The van der Waals surface area contributed by atoms with Crippen molar-refractivity contribution < 1.29 is 14.3 Å². The Labute approximate surface area is 161 Å². The van der Waals surface area contributed by atoms with Gasteiger partial charge in [-0.15, -0.1) is 11.3 Å². The Balaban J connectivity index is 1.58. The van der Waals surface area contributed by atoms with Crippen LogP contribution in [-0.4, -0.2) is 18.9 Å². The second kappa shape index (κ2) is 8.10. The summed E-state index contributed by atoms with van der Waals surface area (Å²) in [6, 6.07) is 7.02. The molecule has 3 rings (SSSR count). The van der Waals surface area contributed by atoms with Gasteiger partial charge in [0.05, 0.1) is 18.4 Å². The molecule has 7 heteroatoms. The van der Waals surface area contributed by atoms with Crippen molar-refractivity contribution in [2.75, 3.05) is 7.11 Å². The topological polar surface area (TPSA) is 67.4 Å². The fourth-order valence-corrected chi connectivity index (χ4v) is 4.41. The molecule has 0 radical (unpaired) electrons. The number of fused-ring (bicyclic) bond motifs is 1. The van der Waals surface area contributed by atoms with Crippen LogP contribution in [0.1, 0.15) is 39.0 Å². The van der Waals surface area contributed by atoms with Gasteiger partial charge in [-0.2, -0.15) is 0 Å². The number of amides is 2. The number of benzene rings is 1. The summed E-state index contributed by atoms with van der Waals surface area (Å²) in [5.41, 5.74) is 6.87. The molecule has 0 saturated carbocycles. The smallest absolute Gasteiger partial charge is 0.279 e. The standard InChI is InChI=1S/C19H21ClN2O3S/c1-11-3-6-16-13(7-11)9-17(26-16)19(24)22-21-18(23)10-12-8-14(20)4-5-15(12)25-2/h4-5,8-9,11H,3,6-7,10H2,1-2H3,(H,21,23)(H,22,24)/t11-/m0/s1. The van der Waals surface area contributed by atoms with Gasteiger partial charge < -0.3 is 4.74 Å². The Kier molecular flexibility index (Phi) is 5.84. The largest absolute Gasteiger partial charge is 0.496 e. The highest BCUT2D eigenvalue weighted by molar-refractivity contribution is 7.14. The summed E-state index contributed by atoms with van der Waals surface area (Å²) in [6.07, 6.45) is 3.25. The van der Waals surface area contributed by atoms with Crippen LogP contribution in [0, 0.1) is 5.92 Å². The van der Waals surface area contributed by atoms with Crippen LogP contribution in [0.4, 0.5) is 0 Å². The van der Waals surface area contributed by atoms with Crippen molar-refractivity contribution in [2.45, 2.75) is 32.6 Å². The van der Waals surface area contributed by atoms with Gasteiger partial charge in [0.15, 0.2) is 0 Å². The van der Waals surface area contributed by atoms with Gasteiger partial charge in [-0.25, -0.2) is 0 Å². The molecule has 1 aromatic heterocycles. The van der Waals surface area contributed by atoms with Gasteiger partial charge >= 0.3 is 0 Å². The second-order valence-electron chi connectivity index (χ2n) is 6.54. The Hall–Kier alpha value is -2.05. The monoisotopic (exact) mass is 392 g/mol. The van der Waals surface area contributed by atoms with Crippen molar-refractivity contribution in [1.29, 1.82) is 0 Å². The van der Waals surface area contributed by atoms with Crippen LogP contribution < -0.4 is 15.6 Å². The van der Waals surface area contributed by atoms with Crippen LogP contribution in [0.25, 0.3) is 0 Å². The van der Waals surface area contributed by atoms with Gasteiger partial charge in [-0.1, -0.05) is 18.5 Å². The Morgan fingerprint density at radius 3 is 2.88 bits per heavy atom. The zero-order valence-corrected chi connectivity index (χ0v) is 16.3. The molecule has 0 spiro atoms. The third kappa shape index (κ3) is 4.37. The number of aryl methyl sites for hydroxylation is 1. The fourth-order valence-electron chi connectivity index (χ4n) is 3.11. The zero-order chi connectivity index (χ0) is 18.7. The van der Waals surface area contributed by atoms with E-state index in [2.05, 4.69) is 17.8 Å². The third-order valence-electron chi connectivity index (χ3n) is 4.46. The molecule has 1 atom stereocenters. The van der Waals surface area contributed by atoms with E-state index in [4.69, 9.17) is 16.3 Å². The van der Waals surface area contributed by atoms with Crippen molar-refractivity contribution in [3.63, 3.8) is 0 Å². The van der Waals surface area contributed by atoms with Crippen molar-refractivity contribution in [3.8, 4) is 5.75 Å². The number of ether oxygens (including phenoxy) is 1. The Morgan fingerprint density at radius 2 is 2.12 bits per heavy atom. The van der Waals surface area contributed by atoms with Crippen LogP contribution >= 0.6 is 22.9 Å². The van der Waals surface area contributed by atoms with Gasteiger partial charge in [0.1, 0.15) is 5.75 Å². The summed E-state index contributed by atoms with van der Waals surface area (Å²) in [6.45, 7) is 2.23. The summed E-state index contributed by atoms with van der Waals surface area (Å²) in [5, 5.41) is 0.524. The lowest BCUT2D eigenvalue weighted by Gasteiger charge is -2.16. The molecule has 2 N–H and O–H groups in total. The van der Waals surface area contributed by atoms with Crippen LogP contribution in [0.15, 0.2) is 24.3 Å². The number of carbonyl (C=O) groups excluding carboxylic acids is 2. The minimum atomic E-state index is -0.339. The molecule has 1 aliphatic carbocycles. The minimum Gasteiger partial charge on any atom is -0.496 e. The van der Waals surface area contributed by atoms with E-state index >= 15 is 0 Å². The first-order chi connectivity index (χ1) is 12.5. The molecule has 5 nitrogen and oxygen atoms in total. The molecule has 26 heavy (non-hydrogen) atoms. The van der Waals surface area contributed by atoms with Crippen molar-refractivity contribution in [2.24, 2.45) is 5.92 Å². The highest BCUT2D eigenvalue weighted by atomic mass is 35.5. The first-order valence-corrected chi connectivity index (χ1v) is 9.69. The highest BCUT2D eigenvalue weighted by Crippen LogP contribution is 2.32. The molecule has 2 aromatic rings. The number of rotatable bonds is 4. The molecule has 0 fully saturated rings. The van der Waals surface area contributed by atoms with Crippen molar-refractivity contribution >= 4 is 34.8 Å². The van der Waals surface area contributed by atoms with E-state index in [1.807, 2.05) is 6.07 Å². The third-order valence-corrected chi connectivity index (χ3v) is 5.93. The fraction of sp³-hybridized carbons (Fsp3) is 0.368. The molecule has 0 saturated heterocycles. The highest BCUT2D eigenvalue weighted by Gasteiger charge is 2.21. The van der Waals surface area contributed by atoms with Crippen molar-refractivity contribution in [3.05, 3.63) is 50.2 Å². The Bertz CT molecular complexity index is 834. The van der Waals surface area contributed by atoms with Gasteiger partial charge in [0.2, 0.25) is 5.91 Å². The first kappa shape index (κ1) is 18.7. The second-order valence-corrected chi connectivity index (χ2v) is 8.12. The van der Waals surface area contributed by atoms with Crippen LogP contribution in [0.2, 0.25) is 5.02 Å². The SMILES string of the molecule is COc1ccc(Cl)cc1CC(=O)NNC(=O)c1cc2c(s1)CC[C@H](C)C2. The van der Waals surface area contributed by atoms with Crippen LogP contribution in [-0.2, 0) is 24.1 Å². The maximum atomic E-state index is 12.3. The number of thiophene rings is 1. The maximum absolute atomic E-state index is 12.3. The van der Waals surface area contributed by atoms with Gasteiger partial charge in [0, 0.05) is 15.5 Å². The van der Waals surface area contributed by atoms with Gasteiger partial charge in [0.25, 0.3) is 5.91 Å². The number of halogens is 1. The van der Waals surface area contributed by atoms with E-state index in [0.717, 1.165) is 19.3 Å². The summed E-state index contributed by atoms with van der Waals surface area (Å²) in [4.78, 5) is 26.4. The molecule has 0 unspecified atom stereocenters. The number of methoxy groups -OCH3 is 1. The number of carbonyl (C=O) groups is 2. The number of hydrazine groups is 1. The molecule has 0 bridgehead atoms. The van der Waals surface area contributed by atoms with E-state index < -0.39 is 0 Å². The van der Waals surface area contributed by atoms with E-state index in [0.29, 0.717) is 27.1 Å². The summed E-state index contributed by atoms with van der Waals surface area (Å²) < 4.78 is 5.23. The predicted molar refractivity (Wildman–Crippen MR) is 103 cm³/mol. The molecular formula is C19H21ClN2O3S.